The molecular formula is C11H20BrF2N. The Labute approximate surface area is 99.3 Å². The van der Waals surface area contributed by atoms with Crippen molar-refractivity contribution in [2.24, 2.45) is 5.92 Å². The van der Waals surface area contributed by atoms with E-state index in [-0.39, 0.29) is 6.54 Å². The first-order valence-corrected chi connectivity index (χ1v) is 6.91. The summed E-state index contributed by atoms with van der Waals surface area (Å²) < 4.78 is 24.6. The van der Waals surface area contributed by atoms with Gasteiger partial charge in [0, 0.05) is 18.4 Å². The van der Waals surface area contributed by atoms with Crippen LogP contribution in [0.5, 0.6) is 0 Å². The first kappa shape index (κ1) is 13.4. The van der Waals surface area contributed by atoms with Gasteiger partial charge in [0.15, 0.2) is 0 Å². The van der Waals surface area contributed by atoms with E-state index in [1.807, 2.05) is 4.90 Å². The molecule has 0 saturated heterocycles. The molecule has 0 N–H and O–H groups in total. The first-order valence-electron chi connectivity index (χ1n) is 5.79. The molecule has 1 fully saturated rings. The fourth-order valence-electron chi connectivity index (χ4n) is 2.31. The lowest BCUT2D eigenvalue weighted by Crippen LogP contribution is -2.35. The molecule has 0 unspecified atom stereocenters. The maximum absolute atomic E-state index is 12.3. The quantitative estimate of drug-likeness (QED) is 0.674. The Morgan fingerprint density at radius 1 is 1.20 bits per heavy atom. The van der Waals surface area contributed by atoms with E-state index in [4.69, 9.17) is 0 Å². The third-order valence-corrected chi connectivity index (χ3v) is 3.39. The molecular weight excluding hydrogens is 264 g/mol. The van der Waals surface area contributed by atoms with E-state index in [0.29, 0.717) is 5.92 Å². The van der Waals surface area contributed by atoms with E-state index in [1.165, 1.54) is 32.1 Å². The number of hydrogen-bond donors (Lipinski definition) is 0. The maximum atomic E-state index is 12.3. The predicted molar refractivity (Wildman–Crippen MR) is 62.8 cm³/mol. The molecule has 1 rings (SSSR count). The standard InChI is InChI=1S/C11H20BrF2N/c12-6-7-15(9-11(13)14)8-10-4-2-1-3-5-10/h10-11H,1-9H2. The van der Waals surface area contributed by atoms with Gasteiger partial charge in [0.25, 0.3) is 6.43 Å². The Morgan fingerprint density at radius 3 is 2.40 bits per heavy atom. The summed E-state index contributed by atoms with van der Waals surface area (Å²) in [5.74, 6) is 0.650. The predicted octanol–water partition coefficient (Wildman–Crippen LogP) is 3.53. The molecule has 0 aliphatic heterocycles. The van der Waals surface area contributed by atoms with Crippen molar-refractivity contribution >= 4 is 15.9 Å². The SMILES string of the molecule is FC(F)CN(CCBr)CC1CCCCC1. The van der Waals surface area contributed by atoms with Crippen molar-refractivity contribution in [3.05, 3.63) is 0 Å². The summed E-state index contributed by atoms with van der Waals surface area (Å²) in [6.45, 7) is 1.53. The van der Waals surface area contributed by atoms with Gasteiger partial charge in [-0.3, -0.25) is 4.90 Å². The maximum Gasteiger partial charge on any atom is 0.251 e. The zero-order valence-corrected chi connectivity index (χ0v) is 10.7. The highest BCUT2D eigenvalue weighted by molar-refractivity contribution is 9.09. The summed E-state index contributed by atoms with van der Waals surface area (Å²) >= 11 is 3.32. The molecule has 4 heteroatoms. The molecule has 1 aliphatic rings. The minimum atomic E-state index is -2.20. The van der Waals surface area contributed by atoms with E-state index in [9.17, 15) is 8.78 Å². The Balaban J connectivity index is 2.28. The van der Waals surface area contributed by atoms with Crippen molar-refractivity contribution < 1.29 is 8.78 Å². The van der Waals surface area contributed by atoms with Gasteiger partial charge in [-0.1, -0.05) is 35.2 Å². The normalized spacial score (nSPS) is 19.0. The smallest absolute Gasteiger partial charge is 0.251 e. The summed E-state index contributed by atoms with van der Waals surface area (Å²) in [4.78, 5) is 1.90. The van der Waals surface area contributed by atoms with Gasteiger partial charge in [-0.25, -0.2) is 8.78 Å². The summed E-state index contributed by atoms with van der Waals surface area (Å²) in [5.41, 5.74) is 0. The molecule has 0 aromatic heterocycles. The van der Waals surface area contributed by atoms with Crippen molar-refractivity contribution in [3.63, 3.8) is 0 Å². The van der Waals surface area contributed by atoms with Crippen molar-refractivity contribution in [2.75, 3.05) is 25.0 Å². The highest BCUT2D eigenvalue weighted by Gasteiger charge is 2.19. The third-order valence-electron chi connectivity index (χ3n) is 3.04. The van der Waals surface area contributed by atoms with Crippen LogP contribution in [0.25, 0.3) is 0 Å². The first-order chi connectivity index (χ1) is 7.22. The number of halogens is 3. The van der Waals surface area contributed by atoms with Crippen LogP contribution < -0.4 is 0 Å². The molecule has 1 nitrogen and oxygen atoms in total. The highest BCUT2D eigenvalue weighted by atomic mass is 79.9. The van der Waals surface area contributed by atoms with Crippen LogP contribution in [0.1, 0.15) is 32.1 Å². The van der Waals surface area contributed by atoms with Gasteiger partial charge in [0.2, 0.25) is 0 Å². The van der Waals surface area contributed by atoms with E-state index in [0.717, 1.165) is 18.4 Å². The van der Waals surface area contributed by atoms with Gasteiger partial charge in [-0.15, -0.1) is 0 Å². The largest absolute Gasteiger partial charge is 0.297 e. The molecule has 0 spiro atoms. The molecule has 1 saturated carbocycles. The lowest BCUT2D eigenvalue weighted by Gasteiger charge is -2.29. The van der Waals surface area contributed by atoms with E-state index >= 15 is 0 Å². The van der Waals surface area contributed by atoms with Crippen molar-refractivity contribution in [1.82, 2.24) is 4.90 Å². The van der Waals surface area contributed by atoms with Crippen molar-refractivity contribution in [2.45, 2.75) is 38.5 Å². The molecule has 0 bridgehead atoms. The van der Waals surface area contributed by atoms with Gasteiger partial charge in [0.05, 0.1) is 6.54 Å². The molecule has 0 heterocycles. The topological polar surface area (TPSA) is 3.24 Å². The summed E-state index contributed by atoms with van der Waals surface area (Å²) in [6.07, 6.45) is 4.13. The molecule has 0 atom stereocenters. The Hall–Kier alpha value is 0.300. The van der Waals surface area contributed by atoms with Crippen LogP contribution in [0.3, 0.4) is 0 Å². The fourth-order valence-corrected chi connectivity index (χ4v) is 2.81. The van der Waals surface area contributed by atoms with Crippen LogP contribution in [0.2, 0.25) is 0 Å². The molecule has 1 aliphatic carbocycles. The van der Waals surface area contributed by atoms with Crippen LogP contribution >= 0.6 is 15.9 Å². The Morgan fingerprint density at radius 2 is 1.87 bits per heavy atom. The number of alkyl halides is 3. The van der Waals surface area contributed by atoms with Crippen LogP contribution in [0, 0.1) is 5.92 Å². The van der Waals surface area contributed by atoms with Crippen LogP contribution in [-0.2, 0) is 0 Å². The van der Waals surface area contributed by atoms with Gasteiger partial charge in [0.1, 0.15) is 0 Å². The lowest BCUT2D eigenvalue weighted by atomic mass is 9.89. The van der Waals surface area contributed by atoms with Crippen LogP contribution in [-0.4, -0.2) is 36.3 Å². The second-order valence-electron chi connectivity index (χ2n) is 4.34. The zero-order valence-electron chi connectivity index (χ0n) is 9.10. The van der Waals surface area contributed by atoms with Gasteiger partial charge < -0.3 is 0 Å². The summed E-state index contributed by atoms with van der Waals surface area (Å²) in [6, 6.07) is 0. The highest BCUT2D eigenvalue weighted by Crippen LogP contribution is 2.24. The molecule has 90 valence electrons. The monoisotopic (exact) mass is 283 g/mol. The minimum absolute atomic E-state index is 0.0674. The molecule has 0 aromatic rings. The van der Waals surface area contributed by atoms with Gasteiger partial charge >= 0.3 is 0 Å². The third kappa shape index (κ3) is 5.81. The van der Waals surface area contributed by atoms with Gasteiger partial charge in [-0.2, -0.15) is 0 Å². The molecule has 0 aromatic carbocycles. The molecule has 15 heavy (non-hydrogen) atoms. The van der Waals surface area contributed by atoms with E-state index in [2.05, 4.69) is 15.9 Å². The average molecular weight is 284 g/mol. The van der Waals surface area contributed by atoms with E-state index in [1.54, 1.807) is 0 Å². The van der Waals surface area contributed by atoms with Crippen molar-refractivity contribution in [3.8, 4) is 0 Å². The second kappa shape index (κ2) is 7.55. The van der Waals surface area contributed by atoms with Gasteiger partial charge in [-0.05, 0) is 18.8 Å². The lowest BCUT2D eigenvalue weighted by molar-refractivity contribution is 0.0794. The number of nitrogens with zero attached hydrogens (tertiary/aromatic N) is 1. The van der Waals surface area contributed by atoms with Crippen LogP contribution in [0.15, 0.2) is 0 Å². The number of hydrogen-bond acceptors (Lipinski definition) is 1. The average Bonchev–Trinajstić information content (AvgIpc) is 2.18. The zero-order chi connectivity index (χ0) is 11.1. The minimum Gasteiger partial charge on any atom is -0.297 e. The molecule has 0 radical (unpaired) electrons. The van der Waals surface area contributed by atoms with E-state index < -0.39 is 6.43 Å². The Kier molecular flexibility index (Phi) is 6.73. The van der Waals surface area contributed by atoms with Crippen molar-refractivity contribution in [1.29, 1.82) is 0 Å². The fraction of sp³-hybridized carbons (Fsp3) is 1.00. The van der Waals surface area contributed by atoms with Crippen LogP contribution in [0.4, 0.5) is 8.78 Å². The molecule has 0 amide bonds. The second-order valence-corrected chi connectivity index (χ2v) is 5.14. The Bertz CT molecular complexity index is 161. The summed E-state index contributed by atoms with van der Waals surface area (Å²) in [5, 5.41) is 0.784. The number of rotatable bonds is 6. The summed E-state index contributed by atoms with van der Waals surface area (Å²) in [7, 11) is 0.